The minimum atomic E-state index is -0.654. The maximum atomic E-state index is 11.5. The van der Waals surface area contributed by atoms with E-state index < -0.39 is 9.85 Å². The Morgan fingerprint density at radius 1 is 0.710 bits per heavy atom. The predicted molar refractivity (Wildman–Crippen MR) is 118 cm³/mol. The summed E-state index contributed by atoms with van der Waals surface area (Å²) < 4.78 is 6.11. The monoisotopic (exact) mass is 412 g/mol. The third-order valence-electron chi connectivity index (χ3n) is 4.68. The number of nitrogens with zero attached hydrogens (tertiary/aromatic N) is 2. The van der Waals surface area contributed by atoms with Crippen molar-refractivity contribution in [3.05, 3.63) is 134 Å². The molecule has 0 saturated carbocycles. The molecule has 0 unspecified atom stereocenters. The first-order valence-electron chi connectivity index (χ1n) is 9.38. The third kappa shape index (κ3) is 4.40. The molecule has 4 rings (SSSR count). The van der Waals surface area contributed by atoms with Gasteiger partial charge in [0.15, 0.2) is 0 Å². The molecule has 3 aromatic rings. The van der Waals surface area contributed by atoms with Gasteiger partial charge in [0.1, 0.15) is 11.5 Å². The molecule has 0 N–H and O–H groups in total. The first-order chi connectivity index (χ1) is 15.0. The van der Waals surface area contributed by atoms with Crippen LogP contribution in [0.1, 0.15) is 16.7 Å². The Labute approximate surface area is 177 Å². The van der Waals surface area contributed by atoms with E-state index in [0.29, 0.717) is 17.1 Å². The average Bonchev–Trinajstić information content (AvgIpc) is 2.80. The molecule has 0 saturated heterocycles. The van der Waals surface area contributed by atoms with Crippen LogP contribution in [0.3, 0.4) is 0 Å². The molecule has 0 atom stereocenters. The van der Waals surface area contributed by atoms with Gasteiger partial charge in [-0.3, -0.25) is 20.2 Å². The highest BCUT2D eigenvalue weighted by Crippen LogP contribution is 2.34. The summed E-state index contributed by atoms with van der Waals surface area (Å²) in [6.07, 6.45) is 5.19. The van der Waals surface area contributed by atoms with Crippen LogP contribution in [0, 0.1) is 20.2 Å². The van der Waals surface area contributed by atoms with Gasteiger partial charge in [-0.2, -0.15) is 0 Å². The van der Waals surface area contributed by atoms with Crippen molar-refractivity contribution >= 4 is 29.0 Å². The fourth-order valence-corrected chi connectivity index (χ4v) is 3.20. The van der Waals surface area contributed by atoms with E-state index in [9.17, 15) is 20.2 Å². The number of nitro benzene ring substituents is 2. The molecule has 1 aliphatic heterocycles. The number of benzene rings is 3. The van der Waals surface area contributed by atoms with Gasteiger partial charge in [-0.15, -0.1) is 0 Å². The first kappa shape index (κ1) is 19.8. The van der Waals surface area contributed by atoms with Gasteiger partial charge in [0, 0.05) is 17.2 Å². The van der Waals surface area contributed by atoms with Crippen LogP contribution in [-0.2, 0) is 4.74 Å². The molecule has 1 aliphatic rings. The Balaban J connectivity index is 1.84. The zero-order chi connectivity index (χ0) is 21.8. The third-order valence-corrected chi connectivity index (χ3v) is 4.68. The van der Waals surface area contributed by atoms with Crippen LogP contribution in [0.2, 0.25) is 0 Å². The van der Waals surface area contributed by atoms with Gasteiger partial charge in [-0.05, 0) is 29.9 Å². The van der Waals surface area contributed by atoms with Crippen LogP contribution in [-0.4, -0.2) is 9.85 Å². The molecular formula is C24H16N2O5. The molecule has 0 aromatic heterocycles. The fraction of sp³-hybridized carbons (Fsp3) is 0. The van der Waals surface area contributed by atoms with Crippen molar-refractivity contribution in [1.82, 2.24) is 0 Å². The smallest absolute Gasteiger partial charge is 0.283 e. The second-order valence-corrected chi connectivity index (χ2v) is 6.75. The molecule has 0 bridgehead atoms. The quantitative estimate of drug-likeness (QED) is 0.378. The summed E-state index contributed by atoms with van der Waals surface area (Å²) in [5, 5.41) is 22.5. The van der Waals surface area contributed by atoms with Gasteiger partial charge >= 0.3 is 0 Å². The van der Waals surface area contributed by atoms with Crippen LogP contribution in [0.4, 0.5) is 11.4 Å². The Hall–Kier alpha value is -4.52. The molecule has 31 heavy (non-hydrogen) atoms. The summed E-state index contributed by atoms with van der Waals surface area (Å²) in [4.78, 5) is 21.2. The summed E-state index contributed by atoms with van der Waals surface area (Å²) >= 11 is 0. The van der Waals surface area contributed by atoms with Gasteiger partial charge in [0.2, 0.25) is 0 Å². The van der Waals surface area contributed by atoms with E-state index in [1.165, 1.54) is 12.1 Å². The van der Waals surface area contributed by atoms with Gasteiger partial charge < -0.3 is 4.74 Å². The summed E-state index contributed by atoms with van der Waals surface area (Å²) in [5.41, 5.74) is 1.97. The molecule has 0 fully saturated rings. The molecule has 0 spiro atoms. The van der Waals surface area contributed by atoms with Crippen molar-refractivity contribution in [3.63, 3.8) is 0 Å². The zero-order valence-electron chi connectivity index (χ0n) is 16.2. The van der Waals surface area contributed by atoms with Crippen molar-refractivity contribution in [2.45, 2.75) is 0 Å². The van der Waals surface area contributed by atoms with Gasteiger partial charge in [-0.1, -0.05) is 60.7 Å². The van der Waals surface area contributed by atoms with E-state index in [1.807, 2.05) is 60.7 Å². The van der Waals surface area contributed by atoms with Crippen molar-refractivity contribution in [3.8, 4) is 0 Å². The number of non-ortho nitro benzene ring substituents is 1. The van der Waals surface area contributed by atoms with E-state index in [2.05, 4.69) is 0 Å². The number of nitro groups is 2. The molecule has 7 heteroatoms. The number of hydrogen-bond donors (Lipinski definition) is 0. The van der Waals surface area contributed by atoms with Crippen LogP contribution < -0.4 is 0 Å². The number of ether oxygens (including phenoxy) is 1. The molecule has 3 aromatic carbocycles. The molecule has 7 nitrogen and oxygen atoms in total. The second-order valence-electron chi connectivity index (χ2n) is 6.75. The zero-order valence-corrected chi connectivity index (χ0v) is 16.2. The summed E-state index contributed by atoms with van der Waals surface area (Å²) in [5.74, 6) is 1.19. The average molecular weight is 412 g/mol. The standard InChI is InChI=1S/C24H16N2O5/c27-25(28)21-12-11-20(22(16-21)26(29)30)13-17-14-23(18-7-3-1-4-8-18)31-24(15-17)19-9-5-2-6-10-19/h1-16H. The lowest BCUT2D eigenvalue weighted by molar-refractivity contribution is -0.394. The molecular weight excluding hydrogens is 396 g/mol. The maximum Gasteiger partial charge on any atom is 0.283 e. The van der Waals surface area contributed by atoms with Crippen molar-refractivity contribution < 1.29 is 14.6 Å². The largest absolute Gasteiger partial charge is 0.456 e. The number of allylic oxidation sites excluding steroid dienone is 3. The second kappa shape index (κ2) is 8.46. The van der Waals surface area contributed by atoms with Gasteiger partial charge in [-0.25, -0.2) is 0 Å². The Bertz CT molecular complexity index is 1190. The minimum absolute atomic E-state index is 0.264. The first-order valence-corrected chi connectivity index (χ1v) is 9.38. The summed E-state index contributed by atoms with van der Waals surface area (Å²) in [7, 11) is 0. The van der Waals surface area contributed by atoms with Crippen LogP contribution >= 0.6 is 0 Å². The highest BCUT2D eigenvalue weighted by molar-refractivity contribution is 5.81. The molecule has 0 radical (unpaired) electrons. The highest BCUT2D eigenvalue weighted by Gasteiger charge is 2.20. The number of rotatable bonds is 5. The summed E-state index contributed by atoms with van der Waals surface area (Å²) in [6.45, 7) is 0. The van der Waals surface area contributed by atoms with E-state index in [0.717, 1.165) is 17.2 Å². The van der Waals surface area contributed by atoms with Gasteiger partial charge in [0.05, 0.1) is 21.5 Å². The topological polar surface area (TPSA) is 95.5 Å². The molecule has 152 valence electrons. The Morgan fingerprint density at radius 3 is 1.74 bits per heavy atom. The van der Waals surface area contributed by atoms with E-state index >= 15 is 0 Å². The number of hydrogen-bond acceptors (Lipinski definition) is 5. The Morgan fingerprint density at radius 2 is 1.26 bits per heavy atom. The normalized spacial score (nSPS) is 13.0. The molecule has 0 amide bonds. The van der Waals surface area contributed by atoms with Crippen molar-refractivity contribution in [2.24, 2.45) is 0 Å². The van der Waals surface area contributed by atoms with Gasteiger partial charge in [0.25, 0.3) is 11.4 Å². The molecule has 1 heterocycles. The Kier molecular flexibility index (Phi) is 5.40. The van der Waals surface area contributed by atoms with E-state index in [-0.39, 0.29) is 16.9 Å². The lowest BCUT2D eigenvalue weighted by Crippen LogP contribution is -2.00. The van der Waals surface area contributed by atoms with Crippen LogP contribution in [0.5, 0.6) is 0 Å². The van der Waals surface area contributed by atoms with Crippen LogP contribution in [0.25, 0.3) is 17.6 Å². The predicted octanol–water partition coefficient (Wildman–Crippen LogP) is 6.00. The lowest BCUT2D eigenvalue weighted by atomic mass is 10.0. The minimum Gasteiger partial charge on any atom is -0.456 e. The van der Waals surface area contributed by atoms with Crippen molar-refractivity contribution in [2.75, 3.05) is 0 Å². The SMILES string of the molecule is O=[N+]([O-])c1ccc(C=C2C=C(c3ccccc3)OC(c3ccccc3)=C2)c([N+](=O)[O-])c1. The van der Waals surface area contributed by atoms with Crippen molar-refractivity contribution in [1.29, 1.82) is 0 Å². The van der Waals surface area contributed by atoms with E-state index in [4.69, 9.17) is 4.74 Å². The van der Waals surface area contributed by atoms with Crippen LogP contribution in [0.15, 0.2) is 96.6 Å². The fourth-order valence-electron chi connectivity index (χ4n) is 3.20. The molecule has 0 aliphatic carbocycles. The summed E-state index contributed by atoms with van der Waals surface area (Å²) in [6, 6.07) is 22.6. The van der Waals surface area contributed by atoms with E-state index in [1.54, 1.807) is 18.2 Å². The lowest BCUT2D eigenvalue weighted by Gasteiger charge is -2.19. The maximum absolute atomic E-state index is 11.5. The highest BCUT2D eigenvalue weighted by atomic mass is 16.6.